The molecule has 0 fully saturated rings. The number of phosphoric ester groups is 1. The summed E-state index contributed by atoms with van der Waals surface area (Å²) in [6.07, 6.45) is 59.0. The lowest BCUT2D eigenvalue weighted by molar-refractivity contribution is -0.870. The number of phosphoric acid groups is 1. The molecule has 0 aliphatic rings. The van der Waals surface area contributed by atoms with Crippen LogP contribution in [0.1, 0.15) is 245 Å². The van der Waals surface area contributed by atoms with E-state index in [0.29, 0.717) is 23.9 Å². The first-order chi connectivity index (χ1) is 32.9. The number of ether oxygens (including phenoxy) is 1. The van der Waals surface area contributed by atoms with Gasteiger partial charge in [-0.2, -0.15) is 0 Å². The van der Waals surface area contributed by atoms with E-state index in [9.17, 15) is 19.0 Å². The molecule has 0 aromatic heterocycles. The van der Waals surface area contributed by atoms with E-state index in [4.69, 9.17) is 13.8 Å². The molecule has 0 bridgehead atoms. The Kier molecular flexibility index (Phi) is 46.7. The lowest BCUT2D eigenvalue weighted by atomic mass is 10.1. The molecule has 9 nitrogen and oxygen atoms in total. The van der Waals surface area contributed by atoms with E-state index in [2.05, 4.69) is 74.7 Å². The Bertz CT molecular complexity index is 1350. The Hall–Kier alpha value is -2.29. The number of carbonyl (C=O) groups excluding carboxylic acids is 2. The van der Waals surface area contributed by atoms with Gasteiger partial charge in [-0.1, -0.05) is 210 Å². The number of nitrogens with zero attached hydrogens (tertiary/aromatic N) is 1. The first-order valence-electron chi connectivity index (χ1n) is 28.1. The molecule has 0 aromatic rings. The SMILES string of the molecule is CCCCC/C=C/C=C/CCCCCCCCC(=O)OC(/C=C/CCCCCCCCCCC)C(COP(=O)([O-])OCC[N+](C)(C)C)NC(=O)CCCCC/C=C/C=C/CCCCCCCCC. The van der Waals surface area contributed by atoms with Gasteiger partial charge < -0.3 is 28.5 Å². The van der Waals surface area contributed by atoms with Crippen molar-refractivity contribution in [2.45, 2.75) is 258 Å². The van der Waals surface area contributed by atoms with Gasteiger partial charge in [-0.15, -0.1) is 0 Å². The topological polar surface area (TPSA) is 114 Å². The number of hydrogen-bond acceptors (Lipinski definition) is 7. The zero-order valence-electron chi connectivity index (χ0n) is 45.1. The van der Waals surface area contributed by atoms with E-state index < -0.39 is 26.6 Å². The first kappa shape index (κ1) is 65.7. The molecule has 0 radical (unpaired) electrons. The predicted molar refractivity (Wildman–Crippen MR) is 289 cm³/mol. The molecule has 68 heavy (non-hydrogen) atoms. The minimum Gasteiger partial charge on any atom is -0.756 e. The van der Waals surface area contributed by atoms with Gasteiger partial charge in [0.2, 0.25) is 5.91 Å². The summed E-state index contributed by atoms with van der Waals surface area (Å²) in [5.41, 5.74) is 0. The van der Waals surface area contributed by atoms with E-state index in [1.54, 1.807) is 0 Å². The minimum absolute atomic E-state index is 0.0308. The maximum Gasteiger partial charge on any atom is 0.306 e. The highest BCUT2D eigenvalue weighted by Crippen LogP contribution is 2.38. The van der Waals surface area contributed by atoms with E-state index in [1.165, 1.54) is 116 Å². The molecule has 0 rings (SSSR count). The molecule has 10 heteroatoms. The Morgan fingerprint density at radius 2 is 0.882 bits per heavy atom. The molecule has 3 unspecified atom stereocenters. The highest BCUT2D eigenvalue weighted by Gasteiger charge is 2.27. The van der Waals surface area contributed by atoms with Crippen LogP contribution in [0.5, 0.6) is 0 Å². The van der Waals surface area contributed by atoms with Crippen LogP contribution in [0.15, 0.2) is 60.8 Å². The number of carbonyl (C=O) groups is 2. The van der Waals surface area contributed by atoms with Crippen LogP contribution in [0, 0.1) is 0 Å². The zero-order valence-corrected chi connectivity index (χ0v) is 45.9. The number of nitrogens with one attached hydrogen (secondary N) is 1. The van der Waals surface area contributed by atoms with Crippen molar-refractivity contribution in [3.05, 3.63) is 60.8 Å². The second kappa shape index (κ2) is 48.3. The lowest BCUT2D eigenvalue weighted by Gasteiger charge is -2.30. The molecular formula is C58H107N2O7P. The van der Waals surface area contributed by atoms with Gasteiger partial charge >= 0.3 is 5.97 Å². The maximum atomic E-state index is 13.4. The average Bonchev–Trinajstić information content (AvgIpc) is 3.29. The second-order valence-electron chi connectivity index (χ2n) is 20.1. The van der Waals surface area contributed by atoms with Crippen LogP contribution < -0.4 is 10.2 Å². The number of esters is 1. The highest BCUT2D eigenvalue weighted by atomic mass is 31.2. The molecule has 3 atom stereocenters. The van der Waals surface area contributed by atoms with Crippen molar-refractivity contribution >= 4 is 19.7 Å². The monoisotopic (exact) mass is 975 g/mol. The molecule has 0 saturated heterocycles. The summed E-state index contributed by atoms with van der Waals surface area (Å²) in [4.78, 5) is 39.8. The van der Waals surface area contributed by atoms with Crippen LogP contribution in [0.2, 0.25) is 0 Å². The number of hydrogen-bond donors (Lipinski definition) is 1. The van der Waals surface area contributed by atoms with Crippen molar-refractivity contribution in [3.8, 4) is 0 Å². The number of quaternary nitrogens is 1. The molecule has 0 aromatic carbocycles. The fourth-order valence-electron chi connectivity index (χ4n) is 7.80. The molecule has 1 N–H and O–H groups in total. The van der Waals surface area contributed by atoms with Crippen LogP contribution in [0.4, 0.5) is 0 Å². The van der Waals surface area contributed by atoms with Crippen LogP contribution in [0.25, 0.3) is 0 Å². The van der Waals surface area contributed by atoms with E-state index >= 15 is 0 Å². The maximum absolute atomic E-state index is 13.4. The van der Waals surface area contributed by atoms with Crippen molar-refractivity contribution in [2.75, 3.05) is 40.9 Å². The normalized spacial score (nSPS) is 14.3. The lowest BCUT2D eigenvalue weighted by Crippen LogP contribution is -2.47. The summed E-state index contributed by atoms with van der Waals surface area (Å²) >= 11 is 0. The molecule has 0 spiro atoms. The molecule has 0 aliphatic heterocycles. The molecule has 0 heterocycles. The summed E-state index contributed by atoms with van der Waals surface area (Å²) < 4.78 is 30.2. The van der Waals surface area contributed by atoms with E-state index in [1.807, 2.05) is 33.3 Å². The van der Waals surface area contributed by atoms with Gasteiger partial charge in [-0.3, -0.25) is 14.2 Å². The van der Waals surface area contributed by atoms with Gasteiger partial charge in [-0.25, -0.2) is 0 Å². The van der Waals surface area contributed by atoms with Crippen molar-refractivity contribution in [1.29, 1.82) is 0 Å². The number of likely N-dealkylation sites (N-methyl/N-ethyl adjacent to an activating group) is 1. The summed E-state index contributed by atoms with van der Waals surface area (Å²) in [5, 5.41) is 3.00. The molecular weight excluding hydrogens is 868 g/mol. The molecule has 1 amide bonds. The van der Waals surface area contributed by atoms with Crippen molar-refractivity contribution < 1.29 is 37.3 Å². The Balaban J connectivity index is 5.41. The predicted octanol–water partition coefficient (Wildman–Crippen LogP) is 16.1. The van der Waals surface area contributed by atoms with Crippen LogP contribution in [-0.4, -0.2) is 69.4 Å². The van der Waals surface area contributed by atoms with E-state index in [-0.39, 0.29) is 31.3 Å². The smallest absolute Gasteiger partial charge is 0.306 e. The van der Waals surface area contributed by atoms with Crippen LogP contribution in [-0.2, 0) is 27.9 Å². The standard InChI is InChI=1S/C58H107N2O7P/c1-7-10-13-16-19-22-25-27-29-31-32-35-38-41-44-47-50-57(61)59-55(54-66-68(63,64)65-53-52-60(4,5)6)56(49-46-43-40-37-34-24-21-18-15-12-9-3)67-58(62)51-48-45-42-39-36-33-30-28-26-23-20-17-14-11-8-2/h20,23,26,28-29,31-32,35,46,49,55-56H,7-19,21-22,24-25,27,30,33-34,36-45,47-48,50-54H2,1-6H3,(H-,59,61,63,64)/b23-20+,28-26+,31-29+,35-32+,49-46+. The van der Waals surface area contributed by atoms with Crippen molar-refractivity contribution in [2.24, 2.45) is 0 Å². The van der Waals surface area contributed by atoms with Gasteiger partial charge in [0.1, 0.15) is 19.3 Å². The Labute approximate surface area is 420 Å². The van der Waals surface area contributed by atoms with E-state index in [0.717, 1.165) is 83.5 Å². The minimum atomic E-state index is -4.70. The number of unbranched alkanes of at least 4 members (excludes halogenated alkanes) is 28. The second-order valence-corrected chi connectivity index (χ2v) is 21.6. The average molecular weight is 975 g/mol. The van der Waals surface area contributed by atoms with Gasteiger partial charge in [0.25, 0.3) is 7.82 Å². The Morgan fingerprint density at radius 3 is 1.34 bits per heavy atom. The third kappa shape index (κ3) is 48.7. The van der Waals surface area contributed by atoms with Crippen LogP contribution >= 0.6 is 7.82 Å². The molecule has 0 saturated carbocycles. The van der Waals surface area contributed by atoms with Gasteiger partial charge in [0.15, 0.2) is 0 Å². The van der Waals surface area contributed by atoms with Gasteiger partial charge in [-0.05, 0) is 83.1 Å². The summed E-state index contributed by atoms with van der Waals surface area (Å²) in [5.74, 6) is -0.586. The van der Waals surface area contributed by atoms with Crippen molar-refractivity contribution in [3.63, 3.8) is 0 Å². The summed E-state index contributed by atoms with van der Waals surface area (Å²) in [6.45, 7) is 6.76. The highest BCUT2D eigenvalue weighted by molar-refractivity contribution is 7.45. The third-order valence-electron chi connectivity index (χ3n) is 12.2. The fourth-order valence-corrected chi connectivity index (χ4v) is 8.52. The number of amides is 1. The van der Waals surface area contributed by atoms with Gasteiger partial charge in [0, 0.05) is 12.8 Å². The van der Waals surface area contributed by atoms with Crippen LogP contribution in [0.3, 0.4) is 0 Å². The summed E-state index contributed by atoms with van der Waals surface area (Å²) in [7, 11) is 1.16. The molecule has 0 aliphatic carbocycles. The quantitative estimate of drug-likeness (QED) is 0.0161. The van der Waals surface area contributed by atoms with Gasteiger partial charge in [0.05, 0.1) is 33.8 Å². The summed E-state index contributed by atoms with van der Waals surface area (Å²) in [6, 6.07) is -0.906. The molecule has 396 valence electrons. The zero-order chi connectivity index (χ0) is 50.1. The number of rotatable bonds is 50. The number of allylic oxidation sites excluding steroid dienone is 9. The van der Waals surface area contributed by atoms with Crippen molar-refractivity contribution in [1.82, 2.24) is 5.32 Å². The fraction of sp³-hybridized carbons (Fsp3) is 0.793. The first-order valence-corrected chi connectivity index (χ1v) is 29.6. The Morgan fingerprint density at radius 1 is 0.515 bits per heavy atom. The third-order valence-corrected chi connectivity index (χ3v) is 13.2. The largest absolute Gasteiger partial charge is 0.756 e.